The zero-order valence-electron chi connectivity index (χ0n) is 17.7. The first-order valence-electron chi connectivity index (χ1n) is 10.5. The van der Waals surface area contributed by atoms with Gasteiger partial charge in [-0.15, -0.1) is 24.0 Å². The normalized spacial score (nSPS) is 13.4. The second kappa shape index (κ2) is 14.2. The molecule has 1 heterocycles. The lowest BCUT2D eigenvalue weighted by atomic mass is 10.2. The number of hydrogen-bond donors (Lipinski definition) is 2. The predicted octanol–water partition coefficient (Wildman–Crippen LogP) is 4.15. The van der Waals surface area contributed by atoms with E-state index < -0.39 is 0 Å². The van der Waals surface area contributed by atoms with Gasteiger partial charge in [0.15, 0.2) is 5.96 Å². The highest BCUT2D eigenvalue weighted by molar-refractivity contribution is 14.0. The maximum absolute atomic E-state index is 5.81. The Labute approximate surface area is 196 Å². The van der Waals surface area contributed by atoms with Gasteiger partial charge in [-0.3, -0.25) is 0 Å². The van der Waals surface area contributed by atoms with Crippen LogP contribution in [-0.4, -0.2) is 37.2 Å². The van der Waals surface area contributed by atoms with Crippen LogP contribution in [0.15, 0.2) is 53.7 Å². The van der Waals surface area contributed by atoms with Crippen molar-refractivity contribution >= 4 is 29.9 Å². The van der Waals surface area contributed by atoms with E-state index in [1.807, 2.05) is 42.5 Å². The molecule has 0 bridgehead atoms. The Bertz CT molecular complexity index is 754. The van der Waals surface area contributed by atoms with E-state index in [4.69, 9.17) is 9.47 Å². The summed E-state index contributed by atoms with van der Waals surface area (Å²) in [5, 5.41) is 6.65. The molecule has 1 aliphatic carbocycles. The Balaban J connectivity index is 0.00000320. The summed E-state index contributed by atoms with van der Waals surface area (Å²) in [6.45, 7) is 6.54. The smallest absolute Gasteiger partial charge is 0.213 e. The van der Waals surface area contributed by atoms with E-state index in [0.29, 0.717) is 19.0 Å². The minimum absolute atomic E-state index is 0. The molecule has 164 valence electrons. The number of rotatable bonds is 12. The van der Waals surface area contributed by atoms with Crippen molar-refractivity contribution in [2.24, 2.45) is 10.9 Å². The van der Waals surface area contributed by atoms with Gasteiger partial charge in [-0.2, -0.15) is 0 Å². The van der Waals surface area contributed by atoms with Crippen LogP contribution in [0.4, 0.5) is 0 Å². The van der Waals surface area contributed by atoms with E-state index in [0.717, 1.165) is 55.7 Å². The molecule has 1 aliphatic rings. The monoisotopic (exact) mass is 524 g/mol. The molecule has 2 aromatic rings. The lowest BCUT2D eigenvalue weighted by molar-refractivity contribution is 0.123. The van der Waals surface area contributed by atoms with E-state index >= 15 is 0 Å². The van der Waals surface area contributed by atoms with Crippen molar-refractivity contribution in [1.82, 2.24) is 15.6 Å². The van der Waals surface area contributed by atoms with Crippen LogP contribution in [0.2, 0.25) is 0 Å². The fourth-order valence-electron chi connectivity index (χ4n) is 2.79. The fraction of sp³-hybridized carbons (Fsp3) is 0.478. The molecule has 7 heteroatoms. The number of pyridine rings is 1. The molecule has 2 N–H and O–H groups in total. The Morgan fingerprint density at radius 2 is 1.97 bits per heavy atom. The second-order valence-corrected chi connectivity index (χ2v) is 7.27. The molecule has 30 heavy (non-hydrogen) atoms. The van der Waals surface area contributed by atoms with Gasteiger partial charge in [-0.1, -0.05) is 30.3 Å². The van der Waals surface area contributed by atoms with Crippen LogP contribution in [-0.2, 0) is 17.9 Å². The first-order valence-corrected chi connectivity index (χ1v) is 10.5. The molecule has 1 fully saturated rings. The van der Waals surface area contributed by atoms with Gasteiger partial charge in [0.1, 0.15) is 6.61 Å². The lowest BCUT2D eigenvalue weighted by Crippen LogP contribution is -2.38. The van der Waals surface area contributed by atoms with Crippen molar-refractivity contribution in [3.8, 4) is 5.88 Å². The number of aliphatic imine (C=N–C) groups is 1. The van der Waals surface area contributed by atoms with E-state index in [-0.39, 0.29) is 24.0 Å². The predicted molar refractivity (Wildman–Crippen MR) is 131 cm³/mol. The topological polar surface area (TPSA) is 67.8 Å². The first kappa shape index (κ1) is 24.4. The summed E-state index contributed by atoms with van der Waals surface area (Å²) in [6, 6.07) is 14.0. The zero-order chi connectivity index (χ0) is 20.2. The molecule has 0 amide bonds. The standard InChI is InChI=1S/C23H32N4O2.HI/c1-2-24-23(26-12-6-14-28-17-20-9-10-20)27-16-21-11-13-25-22(15-21)29-18-19-7-4-3-5-8-19;/h3-5,7-8,11,13,15,20H,2,6,9-10,12,14,16-18H2,1H3,(H2,24,26,27);1H. The Morgan fingerprint density at radius 1 is 1.13 bits per heavy atom. The first-order chi connectivity index (χ1) is 14.3. The van der Waals surface area contributed by atoms with E-state index in [9.17, 15) is 0 Å². The van der Waals surface area contributed by atoms with E-state index in [1.165, 1.54) is 12.8 Å². The van der Waals surface area contributed by atoms with Gasteiger partial charge in [-0.25, -0.2) is 9.98 Å². The minimum atomic E-state index is 0. The van der Waals surface area contributed by atoms with Gasteiger partial charge >= 0.3 is 0 Å². The molecule has 0 atom stereocenters. The summed E-state index contributed by atoms with van der Waals surface area (Å²) in [4.78, 5) is 8.97. The summed E-state index contributed by atoms with van der Waals surface area (Å²) in [5.41, 5.74) is 2.19. The average molecular weight is 524 g/mol. The number of halogens is 1. The maximum atomic E-state index is 5.81. The van der Waals surface area contributed by atoms with Crippen molar-refractivity contribution in [2.45, 2.75) is 39.3 Å². The van der Waals surface area contributed by atoms with Crippen molar-refractivity contribution in [3.63, 3.8) is 0 Å². The Kier molecular flexibility index (Phi) is 11.5. The van der Waals surface area contributed by atoms with Crippen LogP contribution >= 0.6 is 24.0 Å². The zero-order valence-corrected chi connectivity index (χ0v) is 20.0. The highest BCUT2D eigenvalue weighted by Crippen LogP contribution is 2.28. The maximum Gasteiger partial charge on any atom is 0.213 e. The molecule has 1 aromatic carbocycles. The number of guanidine groups is 1. The van der Waals surface area contributed by atoms with Crippen LogP contribution in [0.3, 0.4) is 0 Å². The summed E-state index contributed by atoms with van der Waals surface area (Å²) >= 11 is 0. The number of hydrogen-bond acceptors (Lipinski definition) is 4. The van der Waals surface area contributed by atoms with Crippen LogP contribution in [0.25, 0.3) is 0 Å². The van der Waals surface area contributed by atoms with Gasteiger partial charge in [-0.05, 0) is 49.3 Å². The number of benzene rings is 1. The van der Waals surface area contributed by atoms with Crippen molar-refractivity contribution in [1.29, 1.82) is 0 Å². The third-order valence-electron chi connectivity index (χ3n) is 4.60. The molecule has 0 radical (unpaired) electrons. The van der Waals surface area contributed by atoms with Gasteiger partial charge in [0.2, 0.25) is 5.88 Å². The second-order valence-electron chi connectivity index (χ2n) is 7.27. The molecule has 6 nitrogen and oxygen atoms in total. The molecule has 3 rings (SSSR count). The molecule has 1 saturated carbocycles. The Morgan fingerprint density at radius 3 is 2.73 bits per heavy atom. The average Bonchev–Trinajstić information content (AvgIpc) is 3.58. The molecule has 0 spiro atoms. The van der Waals surface area contributed by atoms with Gasteiger partial charge in [0.25, 0.3) is 0 Å². The van der Waals surface area contributed by atoms with Gasteiger partial charge < -0.3 is 20.1 Å². The molecular weight excluding hydrogens is 491 g/mol. The number of ether oxygens (including phenoxy) is 2. The number of nitrogens with one attached hydrogen (secondary N) is 2. The number of aromatic nitrogens is 1. The molecule has 0 unspecified atom stereocenters. The summed E-state index contributed by atoms with van der Waals surface area (Å²) in [6.07, 6.45) is 5.42. The van der Waals surface area contributed by atoms with Crippen molar-refractivity contribution in [2.75, 3.05) is 26.3 Å². The van der Waals surface area contributed by atoms with Crippen LogP contribution in [0, 0.1) is 5.92 Å². The quantitative estimate of drug-likeness (QED) is 0.189. The summed E-state index contributed by atoms with van der Waals surface area (Å²) in [7, 11) is 0. The molecule has 0 aliphatic heterocycles. The lowest BCUT2D eigenvalue weighted by Gasteiger charge is -2.11. The molecular formula is C23H33IN4O2. The molecule has 1 aromatic heterocycles. The Hall–Kier alpha value is -1.87. The summed E-state index contributed by atoms with van der Waals surface area (Å²) < 4.78 is 11.5. The largest absolute Gasteiger partial charge is 0.473 e. The van der Waals surface area contributed by atoms with Crippen LogP contribution in [0.1, 0.15) is 37.3 Å². The molecule has 0 saturated heterocycles. The number of nitrogens with zero attached hydrogens (tertiary/aromatic N) is 2. The van der Waals surface area contributed by atoms with Crippen LogP contribution < -0.4 is 15.4 Å². The third-order valence-corrected chi connectivity index (χ3v) is 4.60. The highest BCUT2D eigenvalue weighted by atomic mass is 127. The summed E-state index contributed by atoms with van der Waals surface area (Å²) in [5.74, 6) is 2.26. The van der Waals surface area contributed by atoms with E-state index in [1.54, 1.807) is 6.20 Å². The SMILES string of the molecule is CCNC(=NCc1ccnc(OCc2ccccc2)c1)NCCCOCC1CC1.I. The van der Waals surface area contributed by atoms with Crippen LogP contribution in [0.5, 0.6) is 5.88 Å². The minimum Gasteiger partial charge on any atom is -0.473 e. The van der Waals surface area contributed by atoms with E-state index in [2.05, 4.69) is 27.5 Å². The van der Waals surface area contributed by atoms with Gasteiger partial charge in [0, 0.05) is 38.6 Å². The van der Waals surface area contributed by atoms with Crippen molar-refractivity contribution in [3.05, 3.63) is 59.8 Å². The third kappa shape index (κ3) is 9.75. The highest BCUT2D eigenvalue weighted by Gasteiger charge is 2.20. The van der Waals surface area contributed by atoms with Gasteiger partial charge in [0.05, 0.1) is 6.54 Å². The van der Waals surface area contributed by atoms with Crippen molar-refractivity contribution < 1.29 is 9.47 Å². The fourth-order valence-corrected chi connectivity index (χ4v) is 2.79.